The molecule has 0 saturated carbocycles. The van der Waals surface area contributed by atoms with Gasteiger partial charge in [0.15, 0.2) is 0 Å². The molecule has 0 unspecified atom stereocenters. The zero-order valence-electron chi connectivity index (χ0n) is 16.1. The van der Waals surface area contributed by atoms with Crippen molar-refractivity contribution in [3.05, 3.63) is 23.8 Å². The van der Waals surface area contributed by atoms with Crippen LogP contribution < -0.4 is 5.32 Å². The predicted molar refractivity (Wildman–Crippen MR) is 104 cm³/mol. The lowest BCUT2D eigenvalue weighted by atomic mass is 9.97. The fraction of sp³-hybridized carbons (Fsp3) is 0.632. The molecule has 0 radical (unpaired) electrons. The number of piperidine rings is 1. The van der Waals surface area contributed by atoms with Crippen molar-refractivity contribution in [2.24, 2.45) is 5.92 Å². The molecule has 1 aromatic carbocycles. The molecule has 7 nitrogen and oxygen atoms in total. The van der Waals surface area contributed by atoms with Crippen molar-refractivity contribution in [1.82, 2.24) is 9.21 Å². The Balaban J connectivity index is 1.65. The third-order valence-corrected chi connectivity index (χ3v) is 7.36. The van der Waals surface area contributed by atoms with Gasteiger partial charge in [-0.1, -0.05) is 6.07 Å². The topological polar surface area (TPSA) is 79.0 Å². The Morgan fingerprint density at radius 1 is 1.19 bits per heavy atom. The zero-order chi connectivity index (χ0) is 19.4. The Morgan fingerprint density at radius 3 is 2.48 bits per heavy atom. The number of nitrogens with one attached hydrogen (secondary N) is 1. The Morgan fingerprint density at radius 2 is 1.85 bits per heavy atom. The third-order valence-electron chi connectivity index (χ3n) is 5.32. The van der Waals surface area contributed by atoms with Gasteiger partial charge >= 0.3 is 0 Å². The van der Waals surface area contributed by atoms with Crippen LogP contribution in [-0.2, 0) is 19.6 Å². The maximum absolute atomic E-state index is 13.1. The Kier molecular flexibility index (Phi) is 6.52. The van der Waals surface area contributed by atoms with Gasteiger partial charge in [-0.15, -0.1) is 0 Å². The van der Waals surface area contributed by atoms with Crippen molar-refractivity contribution < 1.29 is 17.9 Å². The maximum Gasteiger partial charge on any atom is 0.243 e. The fourth-order valence-corrected chi connectivity index (χ4v) is 5.50. The summed E-state index contributed by atoms with van der Waals surface area (Å²) >= 11 is 0. The lowest BCUT2D eigenvalue weighted by Gasteiger charge is -2.35. The van der Waals surface area contributed by atoms with Crippen LogP contribution in [-0.4, -0.2) is 69.5 Å². The molecule has 1 amide bonds. The molecule has 2 aliphatic rings. The van der Waals surface area contributed by atoms with Gasteiger partial charge in [-0.25, -0.2) is 8.42 Å². The van der Waals surface area contributed by atoms with E-state index in [-0.39, 0.29) is 10.8 Å². The van der Waals surface area contributed by atoms with Crippen molar-refractivity contribution in [2.45, 2.75) is 31.6 Å². The Bertz CT molecular complexity index is 767. The number of rotatable bonds is 5. The molecule has 2 fully saturated rings. The monoisotopic (exact) mass is 395 g/mol. The minimum absolute atomic E-state index is 0.217. The van der Waals surface area contributed by atoms with E-state index in [1.165, 1.54) is 6.92 Å². The summed E-state index contributed by atoms with van der Waals surface area (Å²) in [5.41, 5.74) is 1.20. The summed E-state index contributed by atoms with van der Waals surface area (Å²) in [6, 6.07) is 5.03. The lowest BCUT2D eigenvalue weighted by molar-refractivity contribution is -0.114. The van der Waals surface area contributed by atoms with Gasteiger partial charge in [0, 0.05) is 45.3 Å². The highest BCUT2D eigenvalue weighted by molar-refractivity contribution is 7.89. The van der Waals surface area contributed by atoms with E-state index in [0.29, 0.717) is 30.3 Å². The molecule has 0 spiro atoms. The van der Waals surface area contributed by atoms with Crippen LogP contribution in [0.5, 0.6) is 0 Å². The van der Waals surface area contributed by atoms with Crippen LogP contribution in [0, 0.1) is 12.8 Å². The highest BCUT2D eigenvalue weighted by Crippen LogP contribution is 2.28. The number of sulfonamides is 1. The minimum Gasteiger partial charge on any atom is -0.379 e. The number of carbonyl (C=O) groups excluding carboxylic acids is 1. The Hall–Kier alpha value is -1.48. The van der Waals surface area contributed by atoms with Crippen LogP contribution in [0.2, 0.25) is 0 Å². The van der Waals surface area contributed by atoms with Crippen LogP contribution in [0.25, 0.3) is 0 Å². The summed E-state index contributed by atoms with van der Waals surface area (Å²) < 4.78 is 33.2. The molecule has 1 aromatic rings. The summed E-state index contributed by atoms with van der Waals surface area (Å²) in [5.74, 6) is 0.312. The number of benzene rings is 1. The van der Waals surface area contributed by atoms with E-state index < -0.39 is 10.0 Å². The molecule has 0 aliphatic carbocycles. The molecule has 0 bridgehead atoms. The third kappa shape index (κ3) is 5.07. The minimum atomic E-state index is -3.56. The summed E-state index contributed by atoms with van der Waals surface area (Å²) in [6.45, 7) is 8.81. The number of ether oxygens (including phenoxy) is 1. The molecule has 150 valence electrons. The first-order chi connectivity index (χ1) is 12.9. The van der Waals surface area contributed by atoms with E-state index in [1.54, 1.807) is 29.4 Å². The van der Waals surface area contributed by atoms with E-state index in [0.717, 1.165) is 45.7 Å². The highest BCUT2D eigenvalue weighted by atomic mass is 32.2. The predicted octanol–water partition coefficient (Wildman–Crippen LogP) is 1.69. The molecule has 1 N–H and O–H groups in total. The van der Waals surface area contributed by atoms with Crippen LogP contribution in [0.4, 0.5) is 5.69 Å². The van der Waals surface area contributed by atoms with Crippen molar-refractivity contribution >= 4 is 21.6 Å². The van der Waals surface area contributed by atoms with E-state index >= 15 is 0 Å². The van der Waals surface area contributed by atoms with Gasteiger partial charge in [0.25, 0.3) is 0 Å². The number of hydrogen-bond donors (Lipinski definition) is 1. The van der Waals surface area contributed by atoms with Crippen LogP contribution in [0.3, 0.4) is 0 Å². The Labute approximate surface area is 161 Å². The van der Waals surface area contributed by atoms with Crippen molar-refractivity contribution in [3.63, 3.8) is 0 Å². The van der Waals surface area contributed by atoms with Crippen molar-refractivity contribution in [1.29, 1.82) is 0 Å². The number of anilines is 1. The van der Waals surface area contributed by atoms with Gasteiger partial charge in [-0.05, 0) is 43.4 Å². The largest absolute Gasteiger partial charge is 0.379 e. The molecular formula is C19H29N3O4S. The molecule has 2 heterocycles. The molecular weight excluding hydrogens is 366 g/mol. The summed E-state index contributed by atoms with van der Waals surface area (Å²) in [5, 5.41) is 2.66. The smallest absolute Gasteiger partial charge is 0.243 e. The number of aryl methyl sites for hydroxylation is 1. The van der Waals surface area contributed by atoms with Crippen LogP contribution >= 0.6 is 0 Å². The highest BCUT2D eigenvalue weighted by Gasteiger charge is 2.31. The standard InChI is InChI=1S/C19H29N3O4S/c1-15-3-4-18(20-16(2)23)13-19(15)27(24,25)22-7-5-17(6-8-22)14-21-9-11-26-12-10-21/h3-4,13,17H,5-12,14H2,1-2H3,(H,20,23). The summed E-state index contributed by atoms with van der Waals surface area (Å²) in [4.78, 5) is 14.0. The first-order valence-electron chi connectivity index (χ1n) is 9.55. The first kappa shape index (κ1) is 20.3. The van der Waals surface area contributed by atoms with Crippen LogP contribution in [0.1, 0.15) is 25.3 Å². The van der Waals surface area contributed by atoms with Gasteiger partial charge < -0.3 is 10.1 Å². The molecule has 0 aromatic heterocycles. The average molecular weight is 396 g/mol. The number of nitrogens with zero attached hydrogens (tertiary/aromatic N) is 2. The second-order valence-corrected chi connectivity index (χ2v) is 9.33. The average Bonchev–Trinajstić information content (AvgIpc) is 2.64. The quantitative estimate of drug-likeness (QED) is 0.821. The van der Waals surface area contributed by atoms with E-state index in [2.05, 4.69) is 10.2 Å². The van der Waals surface area contributed by atoms with Gasteiger partial charge in [-0.3, -0.25) is 9.69 Å². The van der Waals surface area contributed by atoms with Gasteiger partial charge in [0.05, 0.1) is 18.1 Å². The van der Waals surface area contributed by atoms with E-state index in [4.69, 9.17) is 4.74 Å². The first-order valence-corrected chi connectivity index (χ1v) is 11.0. The maximum atomic E-state index is 13.1. The van der Waals surface area contributed by atoms with E-state index in [1.807, 2.05) is 0 Å². The second kappa shape index (κ2) is 8.68. The number of hydrogen-bond acceptors (Lipinski definition) is 5. The summed E-state index contributed by atoms with van der Waals surface area (Å²) in [7, 11) is -3.56. The number of morpholine rings is 1. The molecule has 3 rings (SSSR count). The number of amides is 1. The van der Waals surface area contributed by atoms with Gasteiger partial charge in [0.2, 0.25) is 15.9 Å². The van der Waals surface area contributed by atoms with Gasteiger partial charge in [-0.2, -0.15) is 4.31 Å². The SMILES string of the molecule is CC(=O)Nc1ccc(C)c(S(=O)(=O)N2CCC(CN3CCOCC3)CC2)c1. The normalized spacial score (nSPS) is 20.5. The molecule has 2 aliphatic heterocycles. The fourth-order valence-electron chi connectivity index (χ4n) is 3.78. The summed E-state index contributed by atoms with van der Waals surface area (Å²) in [6.07, 6.45) is 1.75. The zero-order valence-corrected chi connectivity index (χ0v) is 16.9. The van der Waals surface area contributed by atoms with Crippen LogP contribution in [0.15, 0.2) is 23.1 Å². The number of carbonyl (C=O) groups is 1. The molecule has 27 heavy (non-hydrogen) atoms. The van der Waals surface area contributed by atoms with Gasteiger partial charge in [0.1, 0.15) is 0 Å². The van der Waals surface area contributed by atoms with E-state index in [9.17, 15) is 13.2 Å². The lowest BCUT2D eigenvalue weighted by Crippen LogP contribution is -2.44. The van der Waals surface area contributed by atoms with Crippen molar-refractivity contribution in [3.8, 4) is 0 Å². The molecule has 0 atom stereocenters. The van der Waals surface area contributed by atoms with Crippen molar-refractivity contribution in [2.75, 3.05) is 51.3 Å². The molecule has 2 saturated heterocycles. The second-order valence-electron chi connectivity index (χ2n) is 7.42. The molecule has 8 heteroatoms.